The summed E-state index contributed by atoms with van der Waals surface area (Å²) in [4.78, 5) is 4.49. The quantitative estimate of drug-likeness (QED) is 0.884. The lowest BCUT2D eigenvalue weighted by Crippen LogP contribution is -2.27. The zero-order chi connectivity index (χ0) is 12.5. The molecule has 0 saturated heterocycles. The number of nitrogens with zero attached hydrogens (tertiary/aromatic N) is 1. The molecule has 0 aliphatic heterocycles. The first-order valence-corrected chi connectivity index (χ1v) is 6.18. The van der Waals surface area contributed by atoms with Crippen molar-refractivity contribution in [2.45, 2.75) is 31.7 Å². The number of fused-ring (bicyclic) bond motifs is 1. The molecule has 1 aliphatic rings. The molecule has 0 spiro atoms. The molecule has 0 saturated carbocycles. The van der Waals surface area contributed by atoms with Crippen LogP contribution in [0.4, 0.5) is 4.39 Å². The van der Waals surface area contributed by atoms with Crippen molar-refractivity contribution in [3.63, 3.8) is 0 Å². The van der Waals surface area contributed by atoms with Crippen LogP contribution < -0.4 is 5.73 Å². The highest BCUT2D eigenvalue weighted by molar-refractivity contribution is 5.22. The molecule has 2 aromatic rings. The second-order valence-corrected chi connectivity index (χ2v) is 4.78. The van der Waals surface area contributed by atoms with E-state index in [0.29, 0.717) is 12.3 Å². The maximum atomic E-state index is 12.8. The van der Waals surface area contributed by atoms with E-state index < -0.39 is 0 Å². The number of oxazole rings is 1. The van der Waals surface area contributed by atoms with Crippen LogP contribution in [0.2, 0.25) is 0 Å². The van der Waals surface area contributed by atoms with E-state index in [9.17, 15) is 4.39 Å². The molecule has 0 fully saturated rings. The fourth-order valence-electron chi connectivity index (χ4n) is 2.31. The minimum absolute atomic E-state index is 0.184. The topological polar surface area (TPSA) is 52.0 Å². The maximum Gasteiger partial charge on any atom is 0.199 e. The fourth-order valence-corrected chi connectivity index (χ4v) is 2.31. The van der Waals surface area contributed by atoms with Gasteiger partial charge in [0.1, 0.15) is 11.6 Å². The second kappa shape index (κ2) is 4.53. The van der Waals surface area contributed by atoms with E-state index in [4.69, 9.17) is 10.2 Å². The van der Waals surface area contributed by atoms with Crippen LogP contribution in [0, 0.1) is 5.82 Å². The van der Waals surface area contributed by atoms with E-state index in [1.807, 2.05) is 0 Å². The molecule has 1 heterocycles. The summed E-state index contributed by atoms with van der Waals surface area (Å²) in [6.45, 7) is 0. The van der Waals surface area contributed by atoms with Crippen LogP contribution in [0.5, 0.6) is 0 Å². The molecule has 1 atom stereocenters. The van der Waals surface area contributed by atoms with Gasteiger partial charge in [0.15, 0.2) is 5.89 Å². The molecular formula is C14H15FN2O. The number of aryl methyl sites for hydroxylation is 1. The van der Waals surface area contributed by atoms with Crippen molar-refractivity contribution in [2.24, 2.45) is 5.73 Å². The first kappa shape index (κ1) is 11.4. The highest BCUT2D eigenvalue weighted by Crippen LogP contribution is 2.22. The van der Waals surface area contributed by atoms with Gasteiger partial charge in [0.25, 0.3) is 0 Å². The smallest absolute Gasteiger partial charge is 0.199 e. The first-order chi connectivity index (χ1) is 8.70. The molecule has 1 aromatic carbocycles. The molecule has 0 amide bonds. The van der Waals surface area contributed by atoms with Crippen LogP contribution in [0.25, 0.3) is 0 Å². The fraction of sp³-hybridized carbons (Fsp3) is 0.357. The molecule has 3 rings (SSSR count). The molecule has 0 bridgehead atoms. The minimum atomic E-state index is -0.226. The van der Waals surface area contributed by atoms with Crippen molar-refractivity contribution in [1.29, 1.82) is 0 Å². The average molecular weight is 246 g/mol. The molecule has 4 heteroatoms. The largest absolute Gasteiger partial charge is 0.445 e. The molecular weight excluding hydrogens is 231 g/mol. The van der Waals surface area contributed by atoms with Gasteiger partial charge in [-0.2, -0.15) is 0 Å². The van der Waals surface area contributed by atoms with Gasteiger partial charge >= 0.3 is 0 Å². The molecule has 1 aliphatic carbocycles. The van der Waals surface area contributed by atoms with Crippen LogP contribution in [0.3, 0.4) is 0 Å². The van der Waals surface area contributed by atoms with Crippen LogP contribution >= 0.6 is 0 Å². The molecule has 94 valence electrons. The lowest BCUT2D eigenvalue weighted by atomic mass is 9.98. The van der Waals surface area contributed by atoms with Crippen LogP contribution in [0.15, 0.2) is 28.7 Å². The third-order valence-electron chi connectivity index (χ3n) is 3.29. The van der Waals surface area contributed by atoms with E-state index in [2.05, 4.69) is 4.98 Å². The number of halogens is 1. The zero-order valence-electron chi connectivity index (χ0n) is 10.0. The number of aromatic nitrogens is 1. The number of nitrogens with two attached hydrogens (primary N) is 1. The summed E-state index contributed by atoms with van der Waals surface area (Å²) in [5, 5.41) is 0. The minimum Gasteiger partial charge on any atom is -0.445 e. The van der Waals surface area contributed by atoms with Crippen molar-refractivity contribution in [3.05, 3.63) is 53.0 Å². The predicted octanol–water partition coefficient (Wildman–Crippen LogP) is 2.22. The van der Waals surface area contributed by atoms with E-state index in [0.717, 1.165) is 36.3 Å². The van der Waals surface area contributed by atoms with Gasteiger partial charge < -0.3 is 10.2 Å². The SMILES string of the molecule is NC1CCc2nc(Cc3ccc(F)cc3)oc2C1. The van der Waals surface area contributed by atoms with Gasteiger partial charge in [0.2, 0.25) is 0 Å². The zero-order valence-corrected chi connectivity index (χ0v) is 10.0. The normalized spacial score (nSPS) is 18.7. The van der Waals surface area contributed by atoms with Crippen molar-refractivity contribution in [1.82, 2.24) is 4.98 Å². The maximum absolute atomic E-state index is 12.8. The Morgan fingerprint density at radius 1 is 1.33 bits per heavy atom. The Kier molecular flexibility index (Phi) is 2.88. The average Bonchev–Trinajstić information content (AvgIpc) is 2.73. The monoisotopic (exact) mass is 246 g/mol. The summed E-state index contributed by atoms with van der Waals surface area (Å²) in [6, 6.07) is 6.60. The molecule has 3 nitrogen and oxygen atoms in total. The highest BCUT2D eigenvalue weighted by atomic mass is 19.1. The van der Waals surface area contributed by atoms with E-state index >= 15 is 0 Å². The summed E-state index contributed by atoms with van der Waals surface area (Å²) in [5.74, 6) is 1.39. The Labute approximate surface area is 105 Å². The molecule has 0 radical (unpaired) electrons. The highest BCUT2D eigenvalue weighted by Gasteiger charge is 2.21. The van der Waals surface area contributed by atoms with E-state index in [-0.39, 0.29) is 11.9 Å². The number of benzene rings is 1. The summed E-state index contributed by atoms with van der Waals surface area (Å²) < 4.78 is 18.5. The Hall–Kier alpha value is -1.68. The summed E-state index contributed by atoms with van der Waals surface area (Å²) in [6.07, 6.45) is 3.23. The third kappa shape index (κ3) is 2.29. The number of hydrogen-bond acceptors (Lipinski definition) is 3. The molecule has 18 heavy (non-hydrogen) atoms. The third-order valence-corrected chi connectivity index (χ3v) is 3.29. The number of hydrogen-bond donors (Lipinski definition) is 1. The van der Waals surface area contributed by atoms with Gasteiger partial charge in [0, 0.05) is 18.9 Å². The van der Waals surface area contributed by atoms with Crippen molar-refractivity contribution >= 4 is 0 Å². The standard InChI is InChI=1S/C14H15FN2O/c15-10-3-1-9(2-4-10)7-14-17-12-6-5-11(16)8-13(12)18-14/h1-4,11H,5-8,16H2. The van der Waals surface area contributed by atoms with Crippen LogP contribution in [-0.4, -0.2) is 11.0 Å². The van der Waals surface area contributed by atoms with E-state index in [1.165, 1.54) is 12.1 Å². The van der Waals surface area contributed by atoms with Gasteiger partial charge in [-0.3, -0.25) is 0 Å². The van der Waals surface area contributed by atoms with Crippen molar-refractivity contribution < 1.29 is 8.81 Å². The molecule has 1 aromatic heterocycles. The molecule has 2 N–H and O–H groups in total. The van der Waals surface area contributed by atoms with Crippen LogP contribution in [0.1, 0.15) is 29.3 Å². The van der Waals surface area contributed by atoms with Gasteiger partial charge in [0.05, 0.1) is 5.69 Å². The summed E-state index contributed by atoms with van der Waals surface area (Å²) >= 11 is 0. The van der Waals surface area contributed by atoms with Crippen molar-refractivity contribution in [2.75, 3.05) is 0 Å². The Morgan fingerprint density at radius 3 is 2.89 bits per heavy atom. The summed E-state index contributed by atoms with van der Waals surface area (Å²) in [5.41, 5.74) is 7.93. The summed E-state index contributed by atoms with van der Waals surface area (Å²) in [7, 11) is 0. The lowest BCUT2D eigenvalue weighted by molar-refractivity contribution is 0.427. The Balaban J connectivity index is 1.79. The number of rotatable bonds is 2. The Bertz CT molecular complexity index is 547. The van der Waals surface area contributed by atoms with Gasteiger partial charge in [-0.1, -0.05) is 12.1 Å². The van der Waals surface area contributed by atoms with E-state index in [1.54, 1.807) is 12.1 Å². The van der Waals surface area contributed by atoms with Crippen molar-refractivity contribution in [3.8, 4) is 0 Å². The molecule has 1 unspecified atom stereocenters. The van der Waals surface area contributed by atoms with Gasteiger partial charge in [-0.15, -0.1) is 0 Å². The van der Waals surface area contributed by atoms with Crippen LogP contribution in [-0.2, 0) is 19.3 Å². The van der Waals surface area contributed by atoms with Gasteiger partial charge in [-0.25, -0.2) is 9.37 Å². The Morgan fingerprint density at radius 2 is 2.11 bits per heavy atom. The van der Waals surface area contributed by atoms with Gasteiger partial charge in [-0.05, 0) is 30.5 Å². The predicted molar refractivity (Wildman–Crippen MR) is 65.7 cm³/mol. The second-order valence-electron chi connectivity index (χ2n) is 4.78. The first-order valence-electron chi connectivity index (χ1n) is 6.18. The lowest BCUT2D eigenvalue weighted by Gasteiger charge is -2.14.